The third-order valence-electron chi connectivity index (χ3n) is 10.4. The Labute approximate surface area is 397 Å². The number of phosphoric acid groups is 1. The summed E-state index contributed by atoms with van der Waals surface area (Å²) in [6.07, 6.45) is 44.3. The van der Waals surface area contributed by atoms with E-state index < -0.39 is 62.4 Å². The molecule has 0 radical (unpaired) electrons. The highest BCUT2D eigenvalue weighted by atomic mass is 32.2. The largest absolute Gasteiger partial charge is 0.481 e. The summed E-state index contributed by atoms with van der Waals surface area (Å²) in [6, 6.07) is -1.13. The summed E-state index contributed by atoms with van der Waals surface area (Å²) >= 11 is 1.22. The Morgan fingerprint density at radius 1 is 0.677 bits per heavy atom. The minimum Gasteiger partial charge on any atom is -0.481 e. The predicted octanol–water partition coefficient (Wildman–Crippen LogP) is 11.4. The zero-order chi connectivity index (χ0) is 48.1. The SMILES string of the molecule is CCCCC/C=C\C\C=C/C=C/C=C/[C@@H](SC[C@H](N)C(=O)OC[C@H](COP(=O)(O)OCCN)OC(=O)CCCCCCCCCCC/C=C\CCCCCCCC)[C@@H](O)CCCC(=O)O. The van der Waals surface area contributed by atoms with Crippen LogP contribution in [0.5, 0.6) is 0 Å². The van der Waals surface area contributed by atoms with Gasteiger partial charge in [-0.1, -0.05) is 164 Å². The lowest BCUT2D eigenvalue weighted by molar-refractivity contribution is -0.161. The van der Waals surface area contributed by atoms with Crippen LogP contribution in [-0.2, 0) is 37.5 Å². The van der Waals surface area contributed by atoms with E-state index >= 15 is 0 Å². The lowest BCUT2D eigenvalue weighted by atomic mass is 10.1. The molecule has 0 fully saturated rings. The molecule has 7 N–H and O–H groups in total. The van der Waals surface area contributed by atoms with Gasteiger partial charge in [-0.05, 0) is 64.2 Å². The number of ether oxygens (including phenoxy) is 2. The standard InChI is InChI=1S/C50H89N2O11PS/c1-3-5-7-9-11-13-15-17-18-19-20-21-22-23-25-27-29-31-33-38-49(56)63-44(42-62-64(58,59)61-40-39-51)41-60-50(57)45(52)43-65-47(46(53)35-34-37-48(54)55)36-32-30-28-26-24-16-14-12-10-8-6-4-2/h12,14,17-18,24,26,28,30,32,36,44-47,53H,3-11,13,15-16,19-23,25,27,29,31,33-35,37-43,51-52H2,1-2H3,(H,54,55)(H,58,59)/b14-12-,18-17-,26-24-,30-28+,36-32+/t44-,45+,46+,47-/m1/s1. The van der Waals surface area contributed by atoms with E-state index in [1.165, 1.54) is 102 Å². The summed E-state index contributed by atoms with van der Waals surface area (Å²) in [5.74, 6) is -2.27. The second-order valence-electron chi connectivity index (χ2n) is 16.5. The Hall–Kier alpha value is -2.55. The van der Waals surface area contributed by atoms with Gasteiger partial charge in [0.15, 0.2) is 6.10 Å². The van der Waals surface area contributed by atoms with Crippen LogP contribution >= 0.6 is 19.6 Å². The molecule has 0 aromatic carbocycles. The van der Waals surface area contributed by atoms with E-state index in [0.717, 1.165) is 44.9 Å². The van der Waals surface area contributed by atoms with Crippen molar-refractivity contribution >= 4 is 37.5 Å². The number of rotatable bonds is 46. The Bertz CT molecular complexity index is 1380. The molecule has 0 aromatic heterocycles. The summed E-state index contributed by atoms with van der Waals surface area (Å²) in [7, 11) is -4.52. The van der Waals surface area contributed by atoms with Crippen molar-refractivity contribution in [3.05, 3.63) is 60.8 Å². The van der Waals surface area contributed by atoms with Crippen LogP contribution in [0.4, 0.5) is 0 Å². The van der Waals surface area contributed by atoms with Crippen LogP contribution in [0.1, 0.15) is 181 Å². The molecule has 0 rings (SSSR count). The average Bonchev–Trinajstić information content (AvgIpc) is 3.28. The van der Waals surface area contributed by atoms with Crippen LogP contribution in [0.25, 0.3) is 0 Å². The molecular formula is C50H89N2O11PS. The first kappa shape index (κ1) is 62.4. The number of carboxylic acid groups (broad SMARTS) is 1. The monoisotopic (exact) mass is 957 g/mol. The maximum atomic E-state index is 13.0. The van der Waals surface area contributed by atoms with Crippen LogP contribution in [0.2, 0.25) is 0 Å². The number of aliphatic carboxylic acids is 1. The molecule has 0 amide bonds. The van der Waals surface area contributed by atoms with Crippen molar-refractivity contribution in [3.63, 3.8) is 0 Å². The second-order valence-corrected chi connectivity index (χ2v) is 19.2. The van der Waals surface area contributed by atoms with Gasteiger partial charge in [0, 0.05) is 30.4 Å². The van der Waals surface area contributed by atoms with Crippen molar-refractivity contribution in [2.24, 2.45) is 11.5 Å². The highest BCUT2D eigenvalue weighted by molar-refractivity contribution is 8.00. The summed E-state index contributed by atoms with van der Waals surface area (Å²) in [5, 5.41) is 19.4. The van der Waals surface area contributed by atoms with E-state index in [2.05, 4.69) is 38.2 Å². The van der Waals surface area contributed by atoms with E-state index in [-0.39, 0.29) is 44.6 Å². The smallest absolute Gasteiger partial charge is 0.472 e. The number of esters is 2. The van der Waals surface area contributed by atoms with Crippen molar-refractivity contribution in [3.8, 4) is 0 Å². The van der Waals surface area contributed by atoms with Crippen LogP contribution in [0, 0.1) is 0 Å². The van der Waals surface area contributed by atoms with Gasteiger partial charge in [-0.25, -0.2) is 4.57 Å². The fourth-order valence-corrected chi connectivity index (χ4v) is 8.43. The van der Waals surface area contributed by atoms with Gasteiger partial charge in [-0.3, -0.25) is 23.4 Å². The van der Waals surface area contributed by atoms with Crippen molar-refractivity contribution < 1.29 is 52.6 Å². The van der Waals surface area contributed by atoms with E-state index in [1.807, 2.05) is 24.3 Å². The molecule has 13 nitrogen and oxygen atoms in total. The van der Waals surface area contributed by atoms with Crippen LogP contribution in [-0.4, -0.2) is 88.6 Å². The average molecular weight is 957 g/mol. The first-order chi connectivity index (χ1) is 31.4. The Balaban J connectivity index is 4.91. The number of unbranched alkanes of at least 4 members (excludes halogenated alkanes) is 18. The summed E-state index contributed by atoms with van der Waals surface area (Å²) in [5.41, 5.74) is 11.5. The van der Waals surface area contributed by atoms with Gasteiger partial charge in [-0.2, -0.15) is 0 Å². The number of allylic oxidation sites excluding steroid dienone is 9. The van der Waals surface area contributed by atoms with Gasteiger partial charge in [0.05, 0.1) is 19.3 Å². The van der Waals surface area contributed by atoms with Gasteiger partial charge in [0.1, 0.15) is 12.6 Å². The quantitative estimate of drug-likeness (QED) is 0.0126. The maximum Gasteiger partial charge on any atom is 0.472 e. The first-order valence-corrected chi connectivity index (χ1v) is 27.2. The molecule has 5 atom stereocenters. The summed E-state index contributed by atoms with van der Waals surface area (Å²) < 4.78 is 33.0. The first-order valence-electron chi connectivity index (χ1n) is 24.7. The minimum atomic E-state index is -4.52. The highest BCUT2D eigenvalue weighted by Crippen LogP contribution is 2.43. The number of phosphoric ester groups is 1. The fourth-order valence-electron chi connectivity index (χ4n) is 6.54. The Morgan fingerprint density at radius 3 is 1.85 bits per heavy atom. The second kappa shape index (κ2) is 45.2. The molecule has 1 unspecified atom stereocenters. The zero-order valence-corrected chi connectivity index (χ0v) is 41.8. The number of nitrogens with two attached hydrogens (primary N) is 2. The predicted molar refractivity (Wildman–Crippen MR) is 267 cm³/mol. The topological polar surface area (TPSA) is 218 Å². The minimum absolute atomic E-state index is 0.0154. The van der Waals surface area contributed by atoms with Gasteiger partial charge >= 0.3 is 25.7 Å². The molecule has 0 aromatic rings. The molecule has 65 heavy (non-hydrogen) atoms. The Kier molecular flexibility index (Phi) is 43.5. The van der Waals surface area contributed by atoms with E-state index in [9.17, 15) is 28.9 Å². The lowest BCUT2D eigenvalue weighted by Gasteiger charge is -2.22. The number of thioether (sulfide) groups is 1. The fraction of sp³-hybridized carbons (Fsp3) is 0.740. The third kappa shape index (κ3) is 42.5. The number of hydrogen-bond acceptors (Lipinski definition) is 12. The number of hydrogen-bond donors (Lipinski definition) is 5. The molecular weight excluding hydrogens is 868 g/mol. The Morgan fingerprint density at radius 2 is 1.23 bits per heavy atom. The molecule has 0 spiro atoms. The summed E-state index contributed by atoms with van der Waals surface area (Å²) in [4.78, 5) is 46.8. The third-order valence-corrected chi connectivity index (χ3v) is 12.8. The molecule has 0 aliphatic rings. The van der Waals surface area contributed by atoms with Crippen molar-refractivity contribution in [2.45, 2.75) is 204 Å². The van der Waals surface area contributed by atoms with Gasteiger partial charge in [0.2, 0.25) is 0 Å². The number of carbonyl (C=O) groups excluding carboxylic acids is 2. The van der Waals surface area contributed by atoms with Crippen LogP contribution < -0.4 is 11.5 Å². The number of aliphatic hydroxyl groups is 1. The molecule has 0 aliphatic heterocycles. The van der Waals surface area contributed by atoms with Gasteiger partial charge in [0.25, 0.3) is 0 Å². The summed E-state index contributed by atoms with van der Waals surface area (Å²) in [6.45, 7) is 3.13. The van der Waals surface area contributed by atoms with Crippen LogP contribution in [0.15, 0.2) is 60.8 Å². The molecule has 376 valence electrons. The molecule has 15 heteroatoms. The van der Waals surface area contributed by atoms with E-state index in [4.69, 9.17) is 35.1 Å². The number of carboxylic acids is 1. The normalized spacial score (nSPS) is 15.0. The van der Waals surface area contributed by atoms with Gasteiger partial charge < -0.3 is 36.0 Å². The molecule has 0 heterocycles. The molecule has 0 aliphatic carbocycles. The molecule has 0 saturated heterocycles. The maximum absolute atomic E-state index is 13.0. The lowest BCUT2D eigenvalue weighted by Crippen LogP contribution is -2.38. The zero-order valence-electron chi connectivity index (χ0n) is 40.1. The molecule has 0 saturated carbocycles. The van der Waals surface area contributed by atoms with E-state index in [0.29, 0.717) is 6.42 Å². The highest BCUT2D eigenvalue weighted by Gasteiger charge is 2.27. The van der Waals surface area contributed by atoms with Crippen molar-refractivity contribution in [1.29, 1.82) is 0 Å². The number of carbonyl (C=O) groups is 3. The van der Waals surface area contributed by atoms with Gasteiger partial charge in [-0.15, -0.1) is 11.8 Å². The van der Waals surface area contributed by atoms with Crippen molar-refractivity contribution in [1.82, 2.24) is 0 Å². The van der Waals surface area contributed by atoms with E-state index in [1.54, 1.807) is 12.2 Å². The molecule has 0 bridgehead atoms. The number of aliphatic hydroxyl groups excluding tert-OH is 1. The van der Waals surface area contributed by atoms with Crippen LogP contribution in [0.3, 0.4) is 0 Å². The van der Waals surface area contributed by atoms with Crippen molar-refractivity contribution in [2.75, 3.05) is 32.1 Å².